The summed E-state index contributed by atoms with van der Waals surface area (Å²) in [6, 6.07) is 9.99. The molecule has 2 heterocycles. The van der Waals surface area contributed by atoms with Crippen LogP contribution in [0.2, 0.25) is 0 Å². The summed E-state index contributed by atoms with van der Waals surface area (Å²) >= 11 is 0. The Labute approximate surface area is 183 Å². The summed E-state index contributed by atoms with van der Waals surface area (Å²) in [6.07, 6.45) is 3.54. The monoisotopic (exact) mass is 425 g/mol. The van der Waals surface area contributed by atoms with Gasteiger partial charge < -0.3 is 20.0 Å². The fourth-order valence-electron chi connectivity index (χ4n) is 3.75. The van der Waals surface area contributed by atoms with Crippen LogP contribution in [-0.4, -0.2) is 47.8 Å². The van der Waals surface area contributed by atoms with Gasteiger partial charge in [-0.2, -0.15) is 0 Å². The Bertz CT molecular complexity index is 884. The van der Waals surface area contributed by atoms with Crippen molar-refractivity contribution >= 4 is 17.7 Å². The van der Waals surface area contributed by atoms with Crippen LogP contribution in [0.15, 0.2) is 47.1 Å². The van der Waals surface area contributed by atoms with Crippen LogP contribution in [0.4, 0.5) is 0 Å². The maximum Gasteiger partial charge on any atom is 0.289 e. The SMILES string of the molecule is CC[C@@H](C)NC(=O)[C@H](NC(=O)c1ccc(C)cc1)C1CCN(C(=O)c2ccco2)CC1. The lowest BCUT2D eigenvalue weighted by Gasteiger charge is -2.35. The molecule has 31 heavy (non-hydrogen) atoms. The fraction of sp³-hybridized carbons (Fsp3) is 0.458. The Morgan fingerprint density at radius 2 is 1.77 bits per heavy atom. The predicted octanol–water partition coefficient (Wildman–Crippen LogP) is 3.15. The van der Waals surface area contributed by atoms with Crippen LogP contribution < -0.4 is 10.6 Å². The first kappa shape index (κ1) is 22.6. The van der Waals surface area contributed by atoms with Gasteiger partial charge in [-0.05, 0) is 63.3 Å². The van der Waals surface area contributed by atoms with E-state index >= 15 is 0 Å². The van der Waals surface area contributed by atoms with Crippen LogP contribution >= 0.6 is 0 Å². The van der Waals surface area contributed by atoms with E-state index < -0.39 is 6.04 Å². The number of amides is 3. The first-order valence-corrected chi connectivity index (χ1v) is 10.9. The molecule has 1 aromatic heterocycles. The molecule has 2 atom stereocenters. The molecule has 2 N–H and O–H groups in total. The second-order valence-electron chi connectivity index (χ2n) is 8.24. The number of rotatable bonds is 7. The van der Waals surface area contributed by atoms with Crippen molar-refractivity contribution in [1.82, 2.24) is 15.5 Å². The lowest BCUT2D eigenvalue weighted by atomic mass is 9.88. The third-order valence-electron chi connectivity index (χ3n) is 5.91. The number of furan rings is 1. The van der Waals surface area contributed by atoms with Gasteiger partial charge >= 0.3 is 0 Å². The van der Waals surface area contributed by atoms with E-state index in [2.05, 4.69) is 10.6 Å². The number of carbonyl (C=O) groups excluding carboxylic acids is 3. The summed E-state index contributed by atoms with van der Waals surface area (Å²) in [5.74, 6) is -0.326. The maximum absolute atomic E-state index is 13.0. The molecule has 3 rings (SSSR count). The van der Waals surface area contributed by atoms with Crippen molar-refractivity contribution < 1.29 is 18.8 Å². The Balaban J connectivity index is 1.69. The molecule has 0 spiro atoms. The highest BCUT2D eigenvalue weighted by atomic mass is 16.3. The minimum atomic E-state index is -0.649. The smallest absolute Gasteiger partial charge is 0.289 e. The molecule has 7 heteroatoms. The average Bonchev–Trinajstić information content (AvgIpc) is 3.32. The van der Waals surface area contributed by atoms with E-state index in [-0.39, 0.29) is 29.7 Å². The lowest BCUT2D eigenvalue weighted by molar-refractivity contribution is -0.125. The van der Waals surface area contributed by atoms with E-state index in [1.807, 2.05) is 32.9 Å². The standard InChI is InChI=1S/C24H31N3O4/c1-4-17(3)25-23(29)21(26-22(28)19-9-7-16(2)8-10-19)18-11-13-27(14-12-18)24(30)20-6-5-15-31-20/h5-10,15,17-18,21H,4,11-14H2,1-3H3,(H,25,29)(H,26,28)/t17-,21-/m1/s1. The summed E-state index contributed by atoms with van der Waals surface area (Å²) < 4.78 is 5.21. The Kier molecular flexibility index (Phi) is 7.50. The first-order valence-electron chi connectivity index (χ1n) is 10.9. The summed E-state index contributed by atoms with van der Waals surface area (Å²) in [5.41, 5.74) is 1.59. The molecule has 1 fully saturated rings. The van der Waals surface area contributed by atoms with Crippen molar-refractivity contribution in [2.24, 2.45) is 5.92 Å². The molecular formula is C24H31N3O4. The molecule has 7 nitrogen and oxygen atoms in total. The Hall–Kier alpha value is -3.09. The first-order chi connectivity index (χ1) is 14.9. The Morgan fingerprint density at radius 3 is 2.35 bits per heavy atom. The number of nitrogens with zero attached hydrogens (tertiary/aromatic N) is 1. The van der Waals surface area contributed by atoms with Gasteiger partial charge in [0.15, 0.2) is 5.76 Å². The average molecular weight is 426 g/mol. The summed E-state index contributed by atoms with van der Waals surface area (Å²) in [5, 5.41) is 5.95. The second kappa shape index (κ2) is 10.3. The molecular weight excluding hydrogens is 394 g/mol. The van der Waals surface area contributed by atoms with Gasteiger partial charge in [0.05, 0.1) is 6.26 Å². The second-order valence-corrected chi connectivity index (χ2v) is 8.24. The van der Waals surface area contributed by atoms with Gasteiger partial charge in [-0.3, -0.25) is 14.4 Å². The van der Waals surface area contributed by atoms with Crippen molar-refractivity contribution in [3.05, 3.63) is 59.5 Å². The third-order valence-corrected chi connectivity index (χ3v) is 5.91. The zero-order valence-electron chi connectivity index (χ0n) is 18.4. The van der Waals surface area contributed by atoms with Crippen LogP contribution in [-0.2, 0) is 4.79 Å². The molecule has 2 aromatic rings. The van der Waals surface area contributed by atoms with Crippen LogP contribution in [0, 0.1) is 12.8 Å². The summed E-state index contributed by atoms with van der Waals surface area (Å²) in [6.45, 7) is 6.93. The van der Waals surface area contributed by atoms with Gasteiger partial charge in [0, 0.05) is 24.7 Å². The van der Waals surface area contributed by atoms with Crippen molar-refractivity contribution in [1.29, 1.82) is 0 Å². The van der Waals surface area contributed by atoms with Gasteiger partial charge in [0.2, 0.25) is 5.91 Å². The Morgan fingerprint density at radius 1 is 1.10 bits per heavy atom. The predicted molar refractivity (Wildman–Crippen MR) is 118 cm³/mol. The number of carbonyl (C=O) groups is 3. The van der Waals surface area contributed by atoms with Gasteiger partial charge in [-0.25, -0.2) is 0 Å². The van der Waals surface area contributed by atoms with Crippen LogP contribution in [0.3, 0.4) is 0 Å². The molecule has 166 valence electrons. The summed E-state index contributed by atoms with van der Waals surface area (Å²) in [4.78, 5) is 40.1. The highest BCUT2D eigenvalue weighted by Crippen LogP contribution is 2.23. The molecule has 3 amide bonds. The highest BCUT2D eigenvalue weighted by molar-refractivity contribution is 5.97. The number of aryl methyl sites for hydroxylation is 1. The van der Waals surface area contributed by atoms with E-state index in [0.29, 0.717) is 37.3 Å². The largest absolute Gasteiger partial charge is 0.459 e. The topological polar surface area (TPSA) is 91.7 Å². The van der Waals surface area contributed by atoms with Crippen molar-refractivity contribution in [2.75, 3.05) is 13.1 Å². The number of likely N-dealkylation sites (tertiary alicyclic amines) is 1. The molecule has 1 aliphatic rings. The van der Waals surface area contributed by atoms with Gasteiger partial charge in [-0.15, -0.1) is 0 Å². The molecule has 1 aliphatic heterocycles. The minimum absolute atomic E-state index is 0.0203. The van der Waals surface area contributed by atoms with E-state index in [9.17, 15) is 14.4 Å². The van der Waals surface area contributed by atoms with Crippen LogP contribution in [0.25, 0.3) is 0 Å². The molecule has 1 aromatic carbocycles. The normalized spacial score (nSPS) is 16.4. The number of nitrogens with one attached hydrogen (secondary N) is 2. The number of hydrogen-bond acceptors (Lipinski definition) is 4. The third kappa shape index (κ3) is 5.75. The van der Waals surface area contributed by atoms with Crippen LogP contribution in [0.5, 0.6) is 0 Å². The van der Waals surface area contributed by atoms with Gasteiger partial charge in [0.1, 0.15) is 6.04 Å². The van der Waals surface area contributed by atoms with Crippen LogP contribution in [0.1, 0.15) is 59.6 Å². The molecule has 0 aliphatic carbocycles. The molecule has 1 saturated heterocycles. The molecule has 0 bridgehead atoms. The zero-order valence-corrected chi connectivity index (χ0v) is 18.4. The highest BCUT2D eigenvalue weighted by Gasteiger charge is 2.35. The van der Waals surface area contributed by atoms with E-state index in [0.717, 1.165) is 12.0 Å². The fourth-order valence-corrected chi connectivity index (χ4v) is 3.75. The molecule has 0 saturated carbocycles. The molecule has 0 unspecified atom stereocenters. The number of hydrogen-bond donors (Lipinski definition) is 2. The quantitative estimate of drug-likeness (QED) is 0.713. The lowest BCUT2D eigenvalue weighted by Crippen LogP contribution is -2.55. The minimum Gasteiger partial charge on any atom is -0.459 e. The van der Waals surface area contributed by atoms with Crippen molar-refractivity contribution in [3.63, 3.8) is 0 Å². The number of benzene rings is 1. The van der Waals surface area contributed by atoms with Crippen molar-refractivity contribution in [2.45, 2.75) is 52.1 Å². The molecule has 0 radical (unpaired) electrons. The summed E-state index contributed by atoms with van der Waals surface area (Å²) in [7, 11) is 0. The number of piperidine rings is 1. The maximum atomic E-state index is 13.0. The zero-order chi connectivity index (χ0) is 22.4. The van der Waals surface area contributed by atoms with Gasteiger partial charge in [0.25, 0.3) is 11.8 Å². The van der Waals surface area contributed by atoms with E-state index in [1.54, 1.807) is 29.2 Å². The van der Waals surface area contributed by atoms with E-state index in [4.69, 9.17) is 4.42 Å². The van der Waals surface area contributed by atoms with E-state index in [1.165, 1.54) is 6.26 Å². The van der Waals surface area contributed by atoms with Gasteiger partial charge in [-0.1, -0.05) is 24.6 Å². The van der Waals surface area contributed by atoms with Crippen molar-refractivity contribution in [3.8, 4) is 0 Å².